The second-order valence-electron chi connectivity index (χ2n) is 4.51. The monoisotopic (exact) mass is 353 g/mol. The van der Waals surface area contributed by atoms with Crippen LogP contribution in [0.25, 0.3) is 0 Å². The number of rotatable bonds is 5. The van der Waals surface area contributed by atoms with Gasteiger partial charge in [0, 0.05) is 10.0 Å². The highest BCUT2D eigenvalue weighted by molar-refractivity contribution is 6.35. The molecule has 1 amide bonds. The first-order valence-electron chi connectivity index (χ1n) is 6.65. The van der Waals surface area contributed by atoms with Gasteiger partial charge in [-0.1, -0.05) is 47.5 Å². The largest absolute Gasteiger partial charge is 0.482 e. The van der Waals surface area contributed by atoms with Crippen molar-refractivity contribution in [3.8, 4) is 5.75 Å². The number of hydrogen-bond donors (Lipinski definition) is 1. The van der Waals surface area contributed by atoms with Crippen molar-refractivity contribution in [1.29, 1.82) is 0 Å². The summed E-state index contributed by atoms with van der Waals surface area (Å²) in [7, 11) is 0. The Morgan fingerprint density at radius 3 is 2.48 bits per heavy atom. The van der Waals surface area contributed by atoms with Crippen LogP contribution >= 0.6 is 23.2 Å². The van der Waals surface area contributed by atoms with Crippen molar-refractivity contribution in [2.24, 2.45) is 0 Å². The van der Waals surface area contributed by atoms with Crippen molar-refractivity contribution in [3.05, 3.63) is 64.1 Å². The summed E-state index contributed by atoms with van der Waals surface area (Å²) in [5.74, 6) is -0.699. The van der Waals surface area contributed by atoms with E-state index in [-0.39, 0.29) is 13.0 Å². The normalized spacial score (nSPS) is 10.0. The maximum atomic E-state index is 11.7. The smallest absolute Gasteiger partial charge is 0.369 e. The first-order valence-corrected chi connectivity index (χ1v) is 7.40. The van der Waals surface area contributed by atoms with Crippen LogP contribution in [0, 0.1) is 0 Å². The Kier molecular flexibility index (Phi) is 6.26. The summed E-state index contributed by atoms with van der Waals surface area (Å²) >= 11 is 11.7. The van der Waals surface area contributed by atoms with Crippen LogP contribution in [-0.4, -0.2) is 18.5 Å². The van der Waals surface area contributed by atoms with Gasteiger partial charge in [0.05, 0.1) is 6.42 Å². The molecule has 1 N–H and O–H groups in total. The summed E-state index contributed by atoms with van der Waals surface area (Å²) in [4.78, 5) is 27.8. The average Bonchev–Trinajstić information content (AvgIpc) is 2.54. The molecule has 0 fully saturated rings. The van der Waals surface area contributed by atoms with Gasteiger partial charge in [0.25, 0.3) is 5.91 Å². The van der Waals surface area contributed by atoms with Gasteiger partial charge in [0.1, 0.15) is 5.75 Å². The van der Waals surface area contributed by atoms with E-state index in [9.17, 15) is 9.59 Å². The van der Waals surface area contributed by atoms with Crippen molar-refractivity contribution < 1.29 is 19.2 Å². The number of amides is 1. The standard InChI is InChI=1S/C16H13Cl2NO4/c17-12-7-6-11(14(18)9-12)8-15(20)19-23-16(21)10-22-13-4-2-1-3-5-13/h1-7,9H,8,10H2,(H,19,20). The van der Waals surface area contributed by atoms with Gasteiger partial charge in [-0.2, -0.15) is 5.48 Å². The van der Waals surface area contributed by atoms with Crippen molar-refractivity contribution in [2.75, 3.05) is 6.61 Å². The number of nitrogens with one attached hydrogen (secondary N) is 1. The van der Waals surface area contributed by atoms with Gasteiger partial charge < -0.3 is 9.57 Å². The Hall–Kier alpha value is -2.24. The van der Waals surface area contributed by atoms with Crippen LogP contribution in [0.2, 0.25) is 10.0 Å². The van der Waals surface area contributed by atoms with E-state index >= 15 is 0 Å². The van der Waals surface area contributed by atoms with Crippen LogP contribution in [0.5, 0.6) is 5.75 Å². The van der Waals surface area contributed by atoms with Gasteiger partial charge in [0.2, 0.25) is 0 Å². The molecule has 0 unspecified atom stereocenters. The lowest BCUT2D eigenvalue weighted by Gasteiger charge is -2.08. The van der Waals surface area contributed by atoms with Crippen molar-refractivity contribution in [3.63, 3.8) is 0 Å². The third kappa shape index (κ3) is 5.81. The van der Waals surface area contributed by atoms with E-state index in [4.69, 9.17) is 27.9 Å². The number of hydroxylamine groups is 1. The lowest BCUT2D eigenvalue weighted by atomic mass is 10.1. The Morgan fingerprint density at radius 2 is 1.78 bits per heavy atom. The van der Waals surface area contributed by atoms with Gasteiger partial charge in [-0.05, 0) is 29.8 Å². The summed E-state index contributed by atoms with van der Waals surface area (Å²) in [5, 5.41) is 0.843. The minimum atomic E-state index is -0.718. The predicted octanol–water partition coefficient (Wildman–Crippen LogP) is 3.19. The zero-order valence-corrected chi connectivity index (χ0v) is 13.4. The molecule has 2 rings (SSSR count). The molecule has 7 heteroatoms. The van der Waals surface area contributed by atoms with E-state index in [1.54, 1.807) is 36.4 Å². The van der Waals surface area contributed by atoms with E-state index in [1.807, 2.05) is 11.5 Å². The highest BCUT2D eigenvalue weighted by Gasteiger charge is 2.11. The molecule has 0 spiro atoms. The molecule has 0 saturated heterocycles. The molecule has 0 aromatic heterocycles. The number of ether oxygens (including phenoxy) is 1. The molecule has 0 atom stereocenters. The van der Waals surface area contributed by atoms with E-state index in [0.29, 0.717) is 21.4 Å². The molecule has 0 radical (unpaired) electrons. The van der Waals surface area contributed by atoms with Gasteiger partial charge in [0.15, 0.2) is 6.61 Å². The molecular formula is C16H13Cl2NO4. The minimum Gasteiger partial charge on any atom is -0.482 e. The number of halogens is 2. The first-order chi connectivity index (χ1) is 11.0. The molecule has 0 saturated carbocycles. The molecule has 5 nitrogen and oxygen atoms in total. The van der Waals surface area contributed by atoms with Crippen molar-refractivity contribution in [1.82, 2.24) is 5.48 Å². The SMILES string of the molecule is O=C(Cc1ccc(Cl)cc1Cl)NOC(=O)COc1ccccc1. The molecule has 23 heavy (non-hydrogen) atoms. The van der Waals surface area contributed by atoms with Crippen molar-refractivity contribution >= 4 is 35.1 Å². The van der Waals surface area contributed by atoms with Gasteiger partial charge >= 0.3 is 5.97 Å². The molecule has 0 aliphatic carbocycles. The predicted molar refractivity (Wildman–Crippen MR) is 86.3 cm³/mol. The number of benzene rings is 2. The van der Waals surface area contributed by atoms with Crippen LogP contribution in [0.1, 0.15) is 5.56 Å². The minimum absolute atomic E-state index is 0.0389. The van der Waals surface area contributed by atoms with Crippen LogP contribution in [-0.2, 0) is 20.8 Å². The highest BCUT2D eigenvalue weighted by atomic mass is 35.5. The Morgan fingerprint density at radius 1 is 1.04 bits per heavy atom. The summed E-state index contributed by atoms with van der Waals surface area (Å²) in [6.45, 7) is -0.313. The second kappa shape index (κ2) is 8.41. The van der Waals surface area contributed by atoms with Crippen LogP contribution in [0.15, 0.2) is 48.5 Å². The zero-order chi connectivity index (χ0) is 16.7. The Labute approximate surface area is 143 Å². The second-order valence-corrected chi connectivity index (χ2v) is 5.36. The number of hydrogen-bond acceptors (Lipinski definition) is 4. The van der Waals surface area contributed by atoms with E-state index in [0.717, 1.165) is 0 Å². The van der Waals surface area contributed by atoms with E-state index < -0.39 is 11.9 Å². The maximum absolute atomic E-state index is 11.7. The maximum Gasteiger partial charge on any atom is 0.369 e. The molecule has 0 heterocycles. The molecule has 0 aliphatic rings. The highest BCUT2D eigenvalue weighted by Crippen LogP contribution is 2.21. The number of para-hydroxylation sites is 1. The van der Waals surface area contributed by atoms with Gasteiger partial charge in [-0.15, -0.1) is 0 Å². The summed E-state index contributed by atoms with van der Waals surface area (Å²) in [6, 6.07) is 13.6. The third-order valence-electron chi connectivity index (χ3n) is 2.74. The van der Waals surface area contributed by atoms with Crippen LogP contribution in [0.3, 0.4) is 0 Å². The molecular weight excluding hydrogens is 341 g/mol. The topological polar surface area (TPSA) is 64.6 Å². The molecule has 0 bridgehead atoms. The fourth-order valence-corrected chi connectivity index (χ4v) is 2.15. The third-order valence-corrected chi connectivity index (χ3v) is 3.33. The molecule has 0 aliphatic heterocycles. The van der Waals surface area contributed by atoms with E-state index in [1.165, 1.54) is 6.07 Å². The average molecular weight is 354 g/mol. The molecule has 2 aromatic rings. The number of carbonyl (C=O) groups excluding carboxylic acids is 2. The van der Waals surface area contributed by atoms with Gasteiger partial charge in [-0.25, -0.2) is 4.79 Å². The fourth-order valence-electron chi connectivity index (χ4n) is 1.68. The van der Waals surface area contributed by atoms with Crippen LogP contribution < -0.4 is 10.2 Å². The summed E-state index contributed by atoms with van der Waals surface area (Å²) < 4.78 is 5.19. The quantitative estimate of drug-likeness (QED) is 0.838. The Balaban J connectivity index is 1.74. The Bertz CT molecular complexity index is 692. The lowest BCUT2D eigenvalue weighted by molar-refractivity contribution is -0.159. The zero-order valence-electron chi connectivity index (χ0n) is 11.9. The molecule has 120 valence electrons. The fraction of sp³-hybridized carbons (Fsp3) is 0.125. The summed E-state index contributed by atoms with van der Waals surface area (Å²) in [5.41, 5.74) is 2.62. The summed E-state index contributed by atoms with van der Waals surface area (Å²) in [6.07, 6.45) is -0.0389. The lowest BCUT2D eigenvalue weighted by Crippen LogP contribution is -2.30. The van der Waals surface area contributed by atoms with Crippen molar-refractivity contribution in [2.45, 2.75) is 6.42 Å². The van der Waals surface area contributed by atoms with Crippen LogP contribution in [0.4, 0.5) is 0 Å². The van der Waals surface area contributed by atoms with Gasteiger partial charge in [-0.3, -0.25) is 4.79 Å². The first kappa shape index (κ1) is 17.1. The number of carbonyl (C=O) groups is 2. The molecule has 2 aromatic carbocycles. The van der Waals surface area contributed by atoms with E-state index in [2.05, 4.69) is 4.84 Å².